The predicted molar refractivity (Wildman–Crippen MR) is 105 cm³/mol. The Balaban J connectivity index is 1.71. The van der Waals surface area contributed by atoms with Gasteiger partial charge in [-0.05, 0) is 32.0 Å². The van der Waals surface area contributed by atoms with Crippen LogP contribution in [0.2, 0.25) is 0 Å². The maximum absolute atomic E-state index is 12.8. The molecule has 2 aromatic heterocycles. The first-order chi connectivity index (χ1) is 13.5. The molecule has 2 aromatic carbocycles. The molecule has 4 rings (SSSR count). The van der Waals surface area contributed by atoms with Gasteiger partial charge in [-0.3, -0.25) is 14.9 Å². The van der Waals surface area contributed by atoms with Crippen molar-refractivity contribution in [2.24, 2.45) is 0 Å². The number of benzene rings is 2. The molecule has 2 heterocycles. The van der Waals surface area contributed by atoms with Crippen molar-refractivity contribution in [3.8, 4) is 10.6 Å². The van der Waals surface area contributed by atoms with Crippen molar-refractivity contribution in [1.29, 1.82) is 0 Å². The van der Waals surface area contributed by atoms with E-state index in [0.717, 1.165) is 5.56 Å². The number of nitro groups is 1. The van der Waals surface area contributed by atoms with E-state index >= 15 is 0 Å². The summed E-state index contributed by atoms with van der Waals surface area (Å²) in [6.45, 7) is 3.37. The van der Waals surface area contributed by atoms with E-state index in [1.165, 1.54) is 23.5 Å². The van der Waals surface area contributed by atoms with Crippen LogP contribution in [0.25, 0.3) is 15.5 Å². The Kier molecular flexibility index (Phi) is 4.32. The van der Waals surface area contributed by atoms with Crippen molar-refractivity contribution in [3.05, 3.63) is 69.5 Å². The number of nitro benzene ring substituents is 1. The molecule has 28 heavy (non-hydrogen) atoms. The average molecular weight is 394 g/mol. The summed E-state index contributed by atoms with van der Waals surface area (Å²) in [6, 6.07) is 11.7. The van der Waals surface area contributed by atoms with Crippen LogP contribution in [0.4, 0.5) is 11.4 Å². The number of rotatable bonds is 4. The van der Waals surface area contributed by atoms with Crippen LogP contribution in [0, 0.1) is 24.0 Å². The largest absolute Gasteiger partial charge is 0.321 e. The van der Waals surface area contributed by atoms with Crippen molar-refractivity contribution in [3.63, 3.8) is 0 Å². The second-order valence-corrected chi connectivity index (χ2v) is 7.01. The van der Waals surface area contributed by atoms with Gasteiger partial charge in [-0.15, -0.1) is 10.2 Å². The number of hydrogen-bond acceptors (Lipinski definition) is 7. The van der Waals surface area contributed by atoms with Crippen LogP contribution in [0.5, 0.6) is 0 Å². The number of aromatic nitrogens is 4. The van der Waals surface area contributed by atoms with Gasteiger partial charge in [0.05, 0.1) is 10.6 Å². The van der Waals surface area contributed by atoms with E-state index in [0.29, 0.717) is 27.0 Å². The molecule has 0 aliphatic carbocycles. The molecule has 4 aromatic rings. The summed E-state index contributed by atoms with van der Waals surface area (Å²) in [7, 11) is 0. The highest BCUT2D eigenvalue weighted by Crippen LogP contribution is 2.32. The van der Waals surface area contributed by atoms with Gasteiger partial charge in [0.2, 0.25) is 4.96 Å². The molecule has 0 aliphatic heterocycles. The fourth-order valence-corrected chi connectivity index (χ4v) is 3.78. The zero-order valence-electron chi connectivity index (χ0n) is 14.9. The first-order valence-electron chi connectivity index (χ1n) is 8.29. The number of anilines is 1. The molecule has 0 saturated heterocycles. The monoisotopic (exact) mass is 394 g/mol. The Morgan fingerprint density at radius 2 is 1.93 bits per heavy atom. The Hall–Kier alpha value is -3.66. The van der Waals surface area contributed by atoms with E-state index in [1.807, 2.05) is 19.1 Å². The van der Waals surface area contributed by atoms with Gasteiger partial charge < -0.3 is 5.32 Å². The zero-order chi connectivity index (χ0) is 19.8. The minimum Gasteiger partial charge on any atom is -0.321 e. The lowest BCUT2D eigenvalue weighted by atomic mass is 10.1. The van der Waals surface area contributed by atoms with E-state index in [4.69, 9.17) is 0 Å². The minimum absolute atomic E-state index is 0.0925. The van der Waals surface area contributed by atoms with Crippen molar-refractivity contribution >= 4 is 33.6 Å². The number of amides is 1. The fourth-order valence-electron chi connectivity index (χ4n) is 2.86. The van der Waals surface area contributed by atoms with Crippen molar-refractivity contribution < 1.29 is 9.72 Å². The summed E-state index contributed by atoms with van der Waals surface area (Å²) in [6.07, 6.45) is 0. The summed E-state index contributed by atoms with van der Waals surface area (Å²) in [5.74, 6) is 0.249. The molecule has 0 spiro atoms. The smallest absolute Gasteiger partial charge is 0.273 e. The number of carbonyl (C=O) groups excluding carboxylic acids is 1. The van der Waals surface area contributed by atoms with Crippen molar-refractivity contribution in [2.75, 3.05) is 5.32 Å². The topological polar surface area (TPSA) is 115 Å². The highest BCUT2D eigenvalue weighted by molar-refractivity contribution is 7.19. The molecule has 0 radical (unpaired) electrons. The SMILES string of the molecule is Cc1c(C(=O)Nc2ccccc2-c2nn3c(C)nnc3s2)cccc1[N+](=O)[O-]. The number of nitrogens with one attached hydrogen (secondary N) is 1. The number of nitrogens with zero attached hydrogens (tertiary/aromatic N) is 5. The van der Waals surface area contributed by atoms with Gasteiger partial charge in [-0.1, -0.05) is 29.5 Å². The van der Waals surface area contributed by atoms with Gasteiger partial charge in [0, 0.05) is 22.8 Å². The highest BCUT2D eigenvalue weighted by Gasteiger charge is 2.20. The van der Waals surface area contributed by atoms with Gasteiger partial charge in [0.1, 0.15) is 5.01 Å². The van der Waals surface area contributed by atoms with Crippen LogP contribution < -0.4 is 5.32 Å². The summed E-state index contributed by atoms with van der Waals surface area (Å²) < 4.78 is 1.64. The average Bonchev–Trinajstić information content (AvgIpc) is 3.24. The fraction of sp³-hybridized carbons (Fsp3) is 0.111. The normalized spacial score (nSPS) is 10.9. The molecule has 1 amide bonds. The lowest BCUT2D eigenvalue weighted by Gasteiger charge is -2.10. The molecule has 0 fully saturated rings. The van der Waals surface area contributed by atoms with Crippen LogP contribution in [-0.2, 0) is 0 Å². The van der Waals surface area contributed by atoms with Gasteiger partial charge in [0.25, 0.3) is 11.6 Å². The van der Waals surface area contributed by atoms with Gasteiger partial charge in [-0.2, -0.15) is 9.61 Å². The third-order valence-electron chi connectivity index (χ3n) is 4.30. The maximum Gasteiger partial charge on any atom is 0.273 e. The van der Waals surface area contributed by atoms with Crippen LogP contribution >= 0.6 is 11.3 Å². The Bertz CT molecular complexity index is 1230. The summed E-state index contributed by atoms with van der Waals surface area (Å²) >= 11 is 1.36. The molecule has 1 N–H and O–H groups in total. The zero-order valence-corrected chi connectivity index (χ0v) is 15.7. The Labute approximate surface area is 162 Å². The second kappa shape index (κ2) is 6.82. The van der Waals surface area contributed by atoms with Crippen molar-refractivity contribution in [2.45, 2.75) is 13.8 Å². The Morgan fingerprint density at radius 1 is 1.14 bits per heavy atom. The van der Waals surface area contributed by atoms with E-state index in [-0.39, 0.29) is 11.3 Å². The lowest BCUT2D eigenvalue weighted by molar-refractivity contribution is -0.385. The summed E-state index contributed by atoms with van der Waals surface area (Å²) in [5, 5.41) is 27.2. The third kappa shape index (κ3) is 2.99. The van der Waals surface area contributed by atoms with Crippen LogP contribution in [-0.4, -0.2) is 30.6 Å². The predicted octanol–water partition coefficient (Wildman–Crippen LogP) is 3.63. The first kappa shape index (κ1) is 17.7. The molecule has 9 nitrogen and oxygen atoms in total. The molecule has 140 valence electrons. The standard InChI is InChI=1S/C18H14N6O3S/c1-10-12(7-5-9-15(10)24(26)27)16(25)19-14-8-4-3-6-13(14)17-22-23-11(2)20-21-18(23)28-17/h3-9H,1-2H3,(H,19,25). The lowest BCUT2D eigenvalue weighted by Crippen LogP contribution is -2.14. The van der Waals surface area contributed by atoms with Gasteiger partial charge in [0.15, 0.2) is 5.82 Å². The number of aryl methyl sites for hydroxylation is 1. The van der Waals surface area contributed by atoms with Crippen LogP contribution in [0.3, 0.4) is 0 Å². The van der Waals surface area contributed by atoms with E-state index in [2.05, 4.69) is 20.6 Å². The molecule has 10 heteroatoms. The minimum atomic E-state index is -0.498. The molecule has 0 atom stereocenters. The van der Waals surface area contributed by atoms with Crippen molar-refractivity contribution in [1.82, 2.24) is 19.8 Å². The molecule has 0 saturated carbocycles. The molecule has 0 aliphatic rings. The van der Waals surface area contributed by atoms with E-state index < -0.39 is 10.8 Å². The quantitative estimate of drug-likeness (QED) is 0.417. The number of carbonyl (C=O) groups is 1. The number of para-hydroxylation sites is 1. The summed E-state index contributed by atoms with van der Waals surface area (Å²) in [4.78, 5) is 24.1. The molecular formula is C18H14N6O3S. The molecule has 0 bridgehead atoms. The van der Waals surface area contributed by atoms with Gasteiger partial charge >= 0.3 is 0 Å². The molecule has 0 unspecified atom stereocenters. The third-order valence-corrected chi connectivity index (χ3v) is 5.23. The van der Waals surface area contributed by atoms with E-state index in [1.54, 1.807) is 29.6 Å². The number of hydrogen-bond donors (Lipinski definition) is 1. The van der Waals surface area contributed by atoms with Crippen LogP contribution in [0.15, 0.2) is 42.5 Å². The van der Waals surface area contributed by atoms with Gasteiger partial charge in [-0.25, -0.2) is 0 Å². The van der Waals surface area contributed by atoms with E-state index in [9.17, 15) is 14.9 Å². The Morgan fingerprint density at radius 3 is 2.68 bits per heavy atom. The molecular weight excluding hydrogens is 380 g/mol. The highest BCUT2D eigenvalue weighted by atomic mass is 32.1. The first-order valence-corrected chi connectivity index (χ1v) is 9.11. The maximum atomic E-state index is 12.8. The number of fused-ring (bicyclic) bond motifs is 1. The summed E-state index contributed by atoms with van der Waals surface area (Å²) in [5.41, 5.74) is 1.76. The second-order valence-electron chi connectivity index (χ2n) is 6.06. The van der Waals surface area contributed by atoms with Crippen LogP contribution in [0.1, 0.15) is 21.7 Å².